The number of hydrogen-bond acceptors (Lipinski definition) is 3. The van der Waals surface area contributed by atoms with E-state index in [1.807, 2.05) is 0 Å². The number of hydrazine groups is 1. The Morgan fingerprint density at radius 2 is 1.92 bits per heavy atom. The summed E-state index contributed by atoms with van der Waals surface area (Å²) in [4.78, 5) is 10.5. The lowest BCUT2D eigenvalue weighted by molar-refractivity contribution is -0.140. The van der Waals surface area contributed by atoms with Gasteiger partial charge in [-0.25, -0.2) is 10.4 Å². The van der Waals surface area contributed by atoms with Gasteiger partial charge in [-0.2, -0.15) is 0 Å². The van der Waals surface area contributed by atoms with Crippen molar-refractivity contribution >= 4 is 29.2 Å². The Bertz CT molecular complexity index is 151. The van der Waals surface area contributed by atoms with Crippen molar-refractivity contribution in [1.82, 2.24) is 10.4 Å². The van der Waals surface area contributed by atoms with Gasteiger partial charge < -0.3 is 5.11 Å². The summed E-state index contributed by atoms with van der Waals surface area (Å²) in [6.45, 7) is 2.72. The molecule has 1 unspecified atom stereocenters. The van der Waals surface area contributed by atoms with Crippen LogP contribution < -0.4 is 5.43 Å². The first-order chi connectivity index (χ1) is 6.11. The lowest BCUT2D eigenvalue weighted by Gasteiger charge is -2.23. The van der Waals surface area contributed by atoms with Crippen LogP contribution in [0.15, 0.2) is 0 Å². The minimum absolute atomic E-state index is 0.441. The van der Waals surface area contributed by atoms with E-state index in [1.165, 1.54) is 0 Å². The van der Waals surface area contributed by atoms with Gasteiger partial charge in [0, 0.05) is 24.8 Å². The average molecular weight is 229 g/mol. The molecule has 0 amide bonds. The van der Waals surface area contributed by atoms with Crippen molar-refractivity contribution in [2.45, 2.75) is 13.0 Å². The quantitative estimate of drug-likeness (QED) is 0.499. The number of halogens is 2. The highest BCUT2D eigenvalue weighted by Crippen LogP contribution is 1.91. The predicted molar refractivity (Wildman–Crippen MR) is 53.2 cm³/mol. The second-order valence-electron chi connectivity index (χ2n) is 2.55. The third-order valence-corrected chi connectivity index (χ3v) is 1.79. The smallest absolute Gasteiger partial charge is 0.321 e. The molecule has 0 aliphatic carbocycles. The van der Waals surface area contributed by atoms with Gasteiger partial charge in [-0.05, 0) is 6.92 Å². The van der Waals surface area contributed by atoms with Crippen LogP contribution in [0.2, 0.25) is 0 Å². The number of nitrogens with one attached hydrogen (secondary N) is 1. The van der Waals surface area contributed by atoms with Gasteiger partial charge in [0.1, 0.15) is 6.04 Å². The van der Waals surface area contributed by atoms with Crippen molar-refractivity contribution < 1.29 is 9.90 Å². The number of rotatable bonds is 7. The summed E-state index contributed by atoms with van der Waals surface area (Å²) in [5.41, 5.74) is 2.78. The van der Waals surface area contributed by atoms with Crippen LogP contribution in [-0.2, 0) is 4.79 Å². The van der Waals surface area contributed by atoms with Gasteiger partial charge in [0.25, 0.3) is 0 Å². The largest absolute Gasteiger partial charge is 0.480 e. The van der Waals surface area contributed by atoms with Gasteiger partial charge in [0.05, 0.1) is 0 Å². The maximum atomic E-state index is 10.5. The first-order valence-electron chi connectivity index (χ1n) is 3.97. The normalized spacial score (nSPS) is 13.2. The van der Waals surface area contributed by atoms with Crippen molar-refractivity contribution in [3.63, 3.8) is 0 Å². The zero-order chi connectivity index (χ0) is 10.3. The molecule has 0 heterocycles. The molecule has 0 rings (SSSR count). The summed E-state index contributed by atoms with van der Waals surface area (Å²) in [6.07, 6.45) is 0. The number of aliphatic carboxylic acids is 1. The van der Waals surface area contributed by atoms with Gasteiger partial charge in [-0.15, -0.1) is 23.2 Å². The lowest BCUT2D eigenvalue weighted by atomic mass is 10.4. The second-order valence-corrected chi connectivity index (χ2v) is 3.31. The number of hydrogen-bond donors (Lipinski definition) is 2. The number of alkyl halides is 2. The van der Waals surface area contributed by atoms with Crippen molar-refractivity contribution in [2.75, 3.05) is 24.8 Å². The van der Waals surface area contributed by atoms with Crippen LogP contribution in [-0.4, -0.2) is 47.0 Å². The third kappa shape index (κ3) is 6.10. The summed E-state index contributed by atoms with van der Waals surface area (Å²) in [5, 5.41) is 10.3. The molecule has 1 atom stereocenters. The summed E-state index contributed by atoms with van der Waals surface area (Å²) in [7, 11) is 0. The molecule has 0 spiro atoms. The number of carboxylic acids is 1. The van der Waals surface area contributed by atoms with E-state index in [4.69, 9.17) is 28.3 Å². The molecule has 0 saturated carbocycles. The molecule has 6 heteroatoms. The van der Waals surface area contributed by atoms with E-state index in [1.54, 1.807) is 11.9 Å². The maximum absolute atomic E-state index is 10.5. The minimum Gasteiger partial charge on any atom is -0.480 e. The summed E-state index contributed by atoms with van der Waals surface area (Å²) >= 11 is 11.0. The first-order valence-corrected chi connectivity index (χ1v) is 5.04. The minimum atomic E-state index is -0.894. The summed E-state index contributed by atoms with van der Waals surface area (Å²) < 4.78 is 0. The van der Waals surface area contributed by atoms with E-state index >= 15 is 0 Å². The predicted octanol–water partition coefficient (Wildman–Crippen LogP) is 0.744. The van der Waals surface area contributed by atoms with Crippen LogP contribution in [0.3, 0.4) is 0 Å². The molecular formula is C7H14Cl2N2O2. The van der Waals surface area contributed by atoms with E-state index in [-0.39, 0.29) is 0 Å². The monoisotopic (exact) mass is 228 g/mol. The van der Waals surface area contributed by atoms with E-state index in [0.29, 0.717) is 24.8 Å². The zero-order valence-corrected chi connectivity index (χ0v) is 8.98. The Hall–Kier alpha value is -0.0300. The highest BCUT2D eigenvalue weighted by molar-refractivity contribution is 6.18. The van der Waals surface area contributed by atoms with Crippen molar-refractivity contribution in [3.8, 4) is 0 Å². The van der Waals surface area contributed by atoms with Crippen molar-refractivity contribution in [1.29, 1.82) is 0 Å². The number of carbonyl (C=O) groups is 1. The Labute approximate surface area is 87.8 Å². The zero-order valence-electron chi connectivity index (χ0n) is 7.46. The number of nitrogens with zero attached hydrogens (tertiary/aromatic N) is 1. The van der Waals surface area contributed by atoms with E-state index < -0.39 is 12.0 Å². The fourth-order valence-electron chi connectivity index (χ4n) is 0.774. The summed E-state index contributed by atoms with van der Waals surface area (Å²) in [6, 6.07) is -0.619. The topological polar surface area (TPSA) is 52.6 Å². The SMILES string of the molecule is CC(NN(CCCl)CCCl)C(=O)O. The van der Waals surface area contributed by atoms with Crippen LogP contribution in [0.4, 0.5) is 0 Å². The molecule has 0 radical (unpaired) electrons. The van der Waals surface area contributed by atoms with E-state index in [9.17, 15) is 4.79 Å². The molecule has 0 aromatic carbocycles. The van der Waals surface area contributed by atoms with Gasteiger partial charge in [0.2, 0.25) is 0 Å². The fourth-order valence-corrected chi connectivity index (χ4v) is 1.18. The maximum Gasteiger partial charge on any atom is 0.321 e. The van der Waals surface area contributed by atoms with E-state index in [2.05, 4.69) is 5.43 Å². The first kappa shape index (κ1) is 13.0. The molecule has 0 saturated heterocycles. The van der Waals surface area contributed by atoms with Gasteiger partial charge >= 0.3 is 5.97 Å². The van der Waals surface area contributed by atoms with Crippen molar-refractivity contribution in [2.24, 2.45) is 0 Å². The summed E-state index contributed by atoms with van der Waals surface area (Å²) in [5.74, 6) is -0.0129. The molecule has 0 aromatic rings. The Morgan fingerprint density at radius 1 is 1.46 bits per heavy atom. The highest BCUT2D eigenvalue weighted by Gasteiger charge is 2.13. The van der Waals surface area contributed by atoms with Crippen LogP contribution in [0.1, 0.15) is 6.92 Å². The highest BCUT2D eigenvalue weighted by atomic mass is 35.5. The Morgan fingerprint density at radius 3 is 2.23 bits per heavy atom. The third-order valence-electron chi connectivity index (χ3n) is 1.46. The standard InChI is InChI=1S/C7H14Cl2N2O2/c1-6(7(12)13)10-11(4-2-8)5-3-9/h6,10H,2-5H2,1H3,(H,12,13). The molecule has 0 bridgehead atoms. The van der Waals surface area contributed by atoms with Crippen LogP contribution in [0.25, 0.3) is 0 Å². The van der Waals surface area contributed by atoms with Gasteiger partial charge in [-0.1, -0.05) is 0 Å². The Kier molecular flexibility index (Phi) is 7.36. The molecule has 0 aromatic heterocycles. The van der Waals surface area contributed by atoms with Crippen LogP contribution in [0.5, 0.6) is 0 Å². The van der Waals surface area contributed by atoms with Gasteiger partial charge in [0.15, 0.2) is 0 Å². The molecule has 78 valence electrons. The molecule has 13 heavy (non-hydrogen) atoms. The molecule has 0 fully saturated rings. The van der Waals surface area contributed by atoms with E-state index in [0.717, 1.165) is 0 Å². The number of carboxylic acid groups (broad SMARTS) is 1. The molecular weight excluding hydrogens is 215 g/mol. The van der Waals surface area contributed by atoms with Crippen LogP contribution in [0, 0.1) is 0 Å². The van der Waals surface area contributed by atoms with Crippen molar-refractivity contribution in [3.05, 3.63) is 0 Å². The molecule has 2 N–H and O–H groups in total. The fraction of sp³-hybridized carbons (Fsp3) is 0.857. The Balaban J connectivity index is 3.85. The average Bonchev–Trinajstić information content (AvgIpc) is 2.05. The van der Waals surface area contributed by atoms with Gasteiger partial charge in [-0.3, -0.25) is 4.79 Å². The molecule has 4 nitrogen and oxygen atoms in total. The second kappa shape index (κ2) is 7.38. The molecule has 0 aliphatic heterocycles. The van der Waals surface area contributed by atoms with Crippen LogP contribution >= 0.6 is 23.2 Å². The lowest BCUT2D eigenvalue weighted by Crippen LogP contribution is -2.48. The molecule has 0 aliphatic rings.